The molecule has 5 aromatic rings. The van der Waals surface area contributed by atoms with Crippen molar-refractivity contribution in [1.29, 1.82) is 0 Å². The molecule has 1 fully saturated rings. The fraction of sp³-hybridized carbons (Fsp3) is 0.194. The number of likely N-dealkylation sites (tertiary alicyclic amines) is 1. The summed E-state index contributed by atoms with van der Waals surface area (Å²) < 4.78 is 13.6. The van der Waals surface area contributed by atoms with Crippen LogP contribution in [-0.4, -0.2) is 38.5 Å². The Bertz CT molecular complexity index is 1570. The number of ether oxygens (including phenoxy) is 2. The summed E-state index contributed by atoms with van der Waals surface area (Å²) in [7, 11) is 0. The lowest BCUT2D eigenvalue weighted by Crippen LogP contribution is -2.39. The van der Waals surface area contributed by atoms with E-state index in [2.05, 4.69) is 4.98 Å². The summed E-state index contributed by atoms with van der Waals surface area (Å²) in [6.45, 7) is 1.44. The Balaban J connectivity index is 1.24. The predicted octanol–water partition coefficient (Wildman–Crippen LogP) is 6.29. The van der Waals surface area contributed by atoms with E-state index in [-0.39, 0.29) is 18.6 Å². The van der Waals surface area contributed by atoms with Crippen molar-refractivity contribution in [2.45, 2.75) is 25.4 Å². The molecule has 3 heterocycles. The number of para-hydroxylation sites is 1. The van der Waals surface area contributed by atoms with Gasteiger partial charge in [-0.3, -0.25) is 4.40 Å². The fourth-order valence-electron chi connectivity index (χ4n) is 5.05. The maximum absolute atomic E-state index is 12.9. The monoisotopic (exact) mass is 519 g/mol. The van der Waals surface area contributed by atoms with Crippen LogP contribution >= 0.6 is 0 Å². The first kappa shape index (κ1) is 24.5. The molecule has 1 amide bonds. The topological polar surface area (TPSA) is 95.0 Å². The Labute approximate surface area is 226 Å². The fourth-order valence-corrected chi connectivity index (χ4v) is 5.05. The van der Waals surface area contributed by atoms with E-state index in [0.29, 0.717) is 18.9 Å². The molecule has 2 aromatic heterocycles. The van der Waals surface area contributed by atoms with Gasteiger partial charge in [0.05, 0.1) is 0 Å². The van der Waals surface area contributed by atoms with Crippen LogP contribution in [0.2, 0.25) is 0 Å². The van der Waals surface area contributed by atoms with Crippen molar-refractivity contribution < 1.29 is 14.3 Å². The highest BCUT2D eigenvalue weighted by molar-refractivity contribution is 5.85. The summed E-state index contributed by atoms with van der Waals surface area (Å²) in [5.74, 6) is 2.81. The zero-order valence-electron chi connectivity index (χ0n) is 21.4. The van der Waals surface area contributed by atoms with E-state index in [1.165, 1.54) is 0 Å². The number of rotatable bonds is 6. The molecule has 196 valence electrons. The summed E-state index contributed by atoms with van der Waals surface area (Å²) in [6, 6.07) is 27.2. The molecular formula is C31H29N5O3. The molecule has 1 aliphatic rings. The van der Waals surface area contributed by atoms with Gasteiger partial charge < -0.3 is 20.1 Å². The molecule has 1 saturated heterocycles. The van der Waals surface area contributed by atoms with Crippen LogP contribution in [0, 0.1) is 0 Å². The van der Waals surface area contributed by atoms with E-state index < -0.39 is 0 Å². The van der Waals surface area contributed by atoms with Gasteiger partial charge in [-0.25, -0.2) is 14.8 Å². The van der Waals surface area contributed by atoms with Gasteiger partial charge in [-0.1, -0.05) is 48.5 Å². The summed E-state index contributed by atoms with van der Waals surface area (Å²) in [6.07, 6.45) is 5.04. The molecule has 1 aliphatic heterocycles. The number of hydrogen-bond donors (Lipinski definition) is 1. The molecule has 0 bridgehead atoms. The summed E-state index contributed by atoms with van der Waals surface area (Å²) in [5.41, 5.74) is 9.75. The maximum Gasteiger partial charge on any atom is 0.410 e. The number of imidazole rings is 1. The van der Waals surface area contributed by atoms with Gasteiger partial charge in [0.15, 0.2) is 0 Å². The number of anilines is 1. The minimum Gasteiger partial charge on any atom is -0.457 e. The van der Waals surface area contributed by atoms with E-state index in [0.717, 1.165) is 52.5 Å². The third-order valence-corrected chi connectivity index (χ3v) is 6.97. The second-order valence-electron chi connectivity index (χ2n) is 9.61. The van der Waals surface area contributed by atoms with Gasteiger partial charge in [0.1, 0.15) is 41.0 Å². The molecule has 0 unspecified atom stereocenters. The van der Waals surface area contributed by atoms with Gasteiger partial charge in [-0.2, -0.15) is 0 Å². The van der Waals surface area contributed by atoms with Crippen molar-refractivity contribution >= 4 is 17.4 Å². The lowest BCUT2D eigenvalue weighted by molar-refractivity contribution is 0.0853. The van der Waals surface area contributed by atoms with Gasteiger partial charge >= 0.3 is 6.09 Å². The average Bonchev–Trinajstić information content (AvgIpc) is 3.38. The highest BCUT2D eigenvalue weighted by Gasteiger charge is 2.30. The van der Waals surface area contributed by atoms with Crippen LogP contribution in [0.25, 0.3) is 16.8 Å². The van der Waals surface area contributed by atoms with Gasteiger partial charge in [0.25, 0.3) is 0 Å². The maximum atomic E-state index is 12.9. The Kier molecular flexibility index (Phi) is 6.82. The van der Waals surface area contributed by atoms with Gasteiger partial charge in [0, 0.05) is 37.0 Å². The second-order valence-corrected chi connectivity index (χ2v) is 9.61. The van der Waals surface area contributed by atoms with E-state index >= 15 is 0 Å². The van der Waals surface area contributed by atoms with Gasteiger partial charge in [0.2, 0.25) is 0 Å². The zero-order valence-corrected chi connectivity index (χ0v) is 21.4. The largest absolute Gasteiger partial charge is 0.457 e. The van der Waals surface area contributed by atoms with Crippen molar-refractivity contribution in [2.75, 3.05) is 18.8 Å². The lowest BCUT2D eigenvalue weighted by Gasteiger charge is -2.31. The van der Waals surface area contributed by atoms with E-state index in [1.54, 1.807) is 11.1 Å². The Morgan fingerprint density at radius 3 is 2.44 bits per heavy atom. The third kappa shape index (κ3) is 5.27. The molecule has 6 rings (SSSR count). The molecule has 0 aliphatic carbocycles. The highest BCUT2D eigenvalue weighted by Crippen LogP contribution is 2.35. The Hall–Kier alpha value is -4.85. The standard InChI is InChI=1S/C31H29N5O3/c32-29-28-27(23-13-15-26(16-14-23)39-25-11-5-2-6-12-25)34-30(36(28)19-17-33-29)24-10-7-18-35(20-24)31(37)38-21-22-8-3-1-4-9-22/h1-6,8-9,11-17,19,24H,7,10,18,20-21H2,(H2,32,33)/t24-/m1/s1. The molecule has 0 spiro atoms. The van der Waals surface area contributed by atoms with Crippen LogP contribution in [0.5, 0.6) is 11.5 Å². The first-order valence-electron chi connectivity index (χ1n) is 13.1. The van der Waals surface area contributed by atoms with Crippen molar-refractivity contribution in [3.05, 3.63) is 109 Å². The van der Waals surface area contributed by atoms with Crippen LogP contribution < -0.4 is 10.5 Å². The summed E-state index contributed by atoms with van der Waals surface area (Å²) >= 11 is 0. The number of carbonyl (C=O) groups is 1. The number of piperidine rings is 1. The van der Waals surface area contributed by atoms with Crippen molar-refractivity contribution in [1.82, 2.24) is 19.3 Å². The number of nitrogens with zero attached hydrogens (tertiary/aromatic N) is 4. The summed E-state index contributed by atoms with van der Waals surface area (Å²) in [5, 5.41) is 0. The molecule has 8 heteroatoms. The molecule has 39 heavy (non-hydrogen) atoms. The van der Waals surface area contributed by atoms with E-state index in [1.807, 2.05) is 95.5 Å². The third-order valence-electron chi connectivity index (χ3n) is 6.97. The second kappa shape index (κ2) is 10.9. The van der Waals surface area contributed by atoms with Crippen molar-refractivity contribution in [2.24, 2.45) is 0 Å². The number of amides is 1. The first-order chi connectivity index (χ1) is 19.2. The van der Waals surface area contributed by atoms with Crippen LogP contribution in [0.3, 0.4) is 0 Å². The van der Waals surface area contributed by atoms with Crippen LogP contribution in [0.1, 0.15) is 30.1 Å². The number of carbonyl (C=O) groups excluding carboxylic acids is 1. The van der Waals surface area contributed by atoms with Crippen LogP contribution in [0.15, 0.2) is 97.3 Å². The minimum atomic E-state index is -0.306. The van der Waals surface area contributed by atoms with E-state index in [9.17, 15) is 4.79 Å². The smallest absolute Gasteiger partial charge is 0.410 e. The normalized spacial score (nSPS) is 15.3. The first-order valence-corrected chi connectivity index (χ1v) is 13.1. The van der Waals surface area contributed by atoms with Gasteiger partial charge in [-0.05, 0) is 54.8 Å². The number of aromatic nitrogens is 3. The predicted molar refractivity (Wildman–Crippen MR) is 150 cm³/mol. The number of nitrogen functional groups attached to an aromatic ring is 1. The number of benzene rings is 3. The van der Waals surface area contributed by atoms with Crippen molar-refractivity contribution in [3.8, 4) is 22.8 Å². The average molecular weight is 520 g/mol. The quantitative estimate of drug-likeness (QED) is 0.283. The Morgan fingerprint density at radius 2 is 1.67 bits per heavy atom. The molecule has 2 N–H and O–H groups in total. The van der Waals surface area contributed by atoms with Gasteiger partial charge in [-0.15, -0.1) is 0 Å². The molecule has 1 atom stereocenters. The lowest BCUT2D eigenvalue weighted by atomic mass is 9.97. The molecule has 3 aromatic carbocycles. The number of nitrogens with two attached hydrogens (primary N) is 1. The van der Waals surface area contributed by atoms with Crippen LogP contribution in [0.4, 0.5) is 10.6 Å². The molecular weight excluding hydrogens is 490 g/mol. The molecule has 8 nitrogen and oxygen atoms in total. The zero-order chi connectivity index (χ0) is 26.6. The SMILES string of the molecule is Nc1nccn2c([C@@H]3CCCN(C(=O)OCc4ccccc4)C3)nc(-c3ccc(Oc4ccccc4)cc3)c12. The summed E-state index contributed by atoms with van der Waals surface area (Å²) in [4.78, 5) is 24.1. The Morgan fingerprint density at radius 1 is 0.949 bits per heavy atom. The molecule has 0 saturated carbocycles. The van der Waals surface area contributed by atoms with E-state index in [4.69, 9.17) is 20.2 Å². The minimum absolute atomic E-state index is 0.0340. The highest BCUT2D eigenvalue weighted by atomic mass is 16.6. The van der Waals surface area contributed by atoms with Crippen LogP contribution in [-0.2, 0) is 11.3 Å². The van der Waals surface area contributed by atoms with Crippen molar-refractivity contribution in [3.63, 3.8) is 0 Å². The molecule has 0 radical (unpaired) electrons. The number of hydrogen-bond acceptors (Lipinski definition) is 6. The number of fused-ring (bicyclic) bond motifs is 1.